The Morgan fingerprint density at radius 1 is 1.44 bits per heavy atom. The summed E-state index contributed by atoms with van der Waals surface area (Å²) in [6.07, 6.45) is -0.290. The highest BCUT2D eigenvalue weighted by molar-refractivity contribution is 7.78. The van der Waals surface area contributed by atoms with Crippen LogP contribution in [0.25, 0.3) is 0 Å². The highest BCUT2D eigenvalue weighted by atomic mass is 32.2. The predicted octanol–water partition coefficient (Wildman–Crippen LogP) is 0.916. The minimum atomic E-state index is -2.08. The van der Waals surface area contributed by atoms with E-state index in [1.807, 2.05) is 12.1 Å². The zero-order valence-electron chi connectivity index (χ0n) is 9.91. The first-order valence-corrected chi connectivity index (χ1v) is 6.81. The number of hydrogen-bond donors (Lipinski definition) is 1. The van der Waals surface area contributed by atoms with Crippen LogP contribution in [0.1, 0.15) is 24.2 Å². The molecule has 5 nitrogen and oxygen atoms in total. The predicted molar refractivity (Wildman–Crippen MR) is 66.9 cm³/mol. The van der Waals surface area contributed by atoms with Gasteiger partial charge in [0.05, 0.1) is 6.61 Å². The van der Waals surface area contributed by atoms with Gasteiger partial charge in [-0.3, -0.25) is 4.21 Å². The fourth-order valence-electron chi connectivity index (χ4n) is 1.96. The number of aliphatic hydroxyl groups is 1. The topological polar surface area (TPSA) is 82.0 Å². The number of aliphatic imine (C=N–C) groups is 1. The lowest BCUT2D eigenvalue weighted by Crippen LogP contribution is -2.17. The second-order valence-electron chi connectivity index (χ2n) is 4.13. The zero-order chi connectivity index (χ0) is 13.1. The van der Waals surface area contributed by atoms with Gasteiger partial charge >= 0.3 is 0 Å². The fraction of sp³-hybridized carbons (Fsp3) is 0.417. The van der Waals surface area contributed by atoms with Gasteiger partial charge < -0.3 is 14.4 Å². The van der Waals surface area contributed by atoms with Gasteiger partial charge in [0.15, 0.2) is 5.90 Å². The molecular formula is C12H14NO4S-. The molecule has 0 radical (unpaired) electrons. The number of rotatable bonds is 4. The van der Waals surface area contributed by atoms with Gasteiger partial charge in [-0.15, -0.1) is 0 Å². The van der Waals surface area contributed by atoms with Gasteiger partial charge in [0.2, 0.25) is 0 Å². The monoisotopic (exact) mass is 268 g/mol. The highest BCUT2D eigenvalue weighted by Gasteiger charge is 2.29. The molecule has 0 spiro atoms. The molecule has 1 aliphatic heterocycles. The molecule has 3 atom stereocenters. The van der Waals surface area contributed by atoms with E-state index >= 15 is 0 Å². The lowest BCUT2D eigenvalue weighted by atomic mass is 10.0. The molecule has 1 aromatic carbocycles. The van der Waals surface area contributed by atoms with E-state index in [2.05, 4.69) is 4.99 Å². The molecule has 98 valence electrons. The molecule has 1 aliphatic rings. The van der Waals surface area contributed by atoms with E-state index in [1.165, 1.54) is 0 Å². The van der Waals surface area contributed by atoms with Crippen molar-refractivity contribution in [3.8, 4) is 0 Å². The largest absolute Gasteiger partial charge is 0.772 e. The maximum Gasteiger partial charge on any atom is 0.181 e. The third-order valence-corrected chi connectivity index (χ3v) is 3.34. The van der Waals surface area contributed by atoms with E-state index in [4.69, 9.17) is 4.74 Å². The summed E-state index contributed by atoms with van der Waals surface area (Å²) in [6.45, 7) is 1.67. The average molecular weight is 268 g/mol. The maximum atomic E-state index is 10.6. The molecule has 0 saturated carbocycles. The standard InChI is InChI=1S/C12H15NO4S/c1-8-13-11(6-14)12(17-8)10-4-2-9(3-5-10)7-18(15)16/h2-5,11-12,14H,6-7H2,1H3,(H,15,16)/p-1/t11-,12-/m1/s1. The molecule has 0 amide bonds. The summed E-state index contributed by atoms with van der Waals surface area (Å²) in [5, 5.41) is 9.22. The van der Waals surface area contributed by atoms with E-state index in [-0.39, 0.29) is 24.5 Å². The fourth-order valence-corrected chi connectivity index (χ4v) is 2.42. The summed E-state index contributed by atoms with van der Waals surface area (Å²) in [7, 11) is 0. The number of nitrogens with zero attached hydrogens (tertiary/aromatic N) is 1. The number of benzene rings is 1. The van der Waals surface area contributed by atoms with Crippen LogP contribution < -0.4 is 0 Å². The van der Waals surface area contributed by atoms with E-state index in [9.17, 15) is 13.9 Å². The summed E-state index contributed by atoms with van der Waals surface area (Å²) in [5.41, 5.74) is 1.61. The number of ether oxygens (including phenoxy) is 1. The van der Waals surface area contributed by atoms with Crippen molar-refractivity contribution in [1.82, 2.24) is 0 Å². The number of hydrogen-bond acceptors (Lipinski definition) is 5. The van der Waals surface area contributed by atoms with Crippen molar-refractivity contribution in [1.29, 1.82) is 0 Å². The molecule has 0 aliphatic carbocycles. The lowest BCUT2D eigenvalue weighted by molar-refractivity contribution is 0.150. The van der Waals surface area contributed by atoms with Gasteiger partial charge in [-0.1, -0.05) is 35.3 Å². The first kappa shape index (κ1) is 13.2. The summed E-state index contributed by atoms with van der Waals surface area (Å²) in [4.78, 5) is 4.18. The van der Waals surface area contributed by atoms with Crippen LogP contribution in [0.4, 0.5) is 0 Å². The first-order valence-electron chi connectivity index (χ1n) is 5.57. The Balaban J connectivity index is 2.12. The molecule has 2 rings (SSSR count). The lowest BCUT2D eigenvalue weighted by Gasteiger charge is -2.16. The van der Waals surface area contributed by atoms with Crippen LogP contribution in [0, 0.1) is 0 Å². The highest BCUT2D eigenvalue weighted by Crippen LogP contribution is 2.29. The van der Waals surface area contributed by atoms with Crippen molar-refractivity contribution in [2.45, 2.75) is 24.8 Å². The zero-order valence-corrected chi connectivity index (χ0v) is 10.7. The average Bonchev–Trinajstić information content (AvgIpc) is 2.71. The van der Waals surface area contributed by atoms with Crippen LogP contribution in [0.5, 0.6) is 0 Å². The van der Waals surface area contributed by atoms with Crippen LogP contribution in [-0.4, -0.2) is 32.4 Å². The molecule has 0 fully saturated rings. The summed E-state index contributed by atoms with van der Waals surface area (Å²) >= 11 is -2.08. The summed E-state index contributed by atoms with van der Waals surface area (Å²) in [5.74, 6) is 0.564. The number of aliphatic hydroxyl groups excluding tert-OH is 1. The molecule has 1 aromatic rings. The van der Waals surface area contributed by atoms with Gasteiger partial charge in [-0.25, -0.2) is 4.99 Å². The van der Waals surface area contributed by atoms with Gasteiger partial charge in [-0.05, 0) is 11.1 Å². The van der Waals surface area contributed by atoms with Gasteiger partial charge in [0.1, 0.15) is 12.1 Å². The Morgan fingerprint density at radius 3 is 2.67 bits per heavy atom. The first-order chi connectivity index (χ1) is 8.60. The summed E-state index contributed by atoms with van der Waals surface area (Å²) < 4.78 is 26.7. The third kappa shape index (κ3) is 2.95. The second-order valence-corrected chi connectivity index (χ2v) is 5.02. The van der Waals surface area contributed by atoms with Gasteiger partial charge in [0, 0.05) is 12.7 Å². The Bertz CT molecular complexity index is 471. The molecule has 6 heteroatoms. The van der Waals surface area contributed by atoms with Gasteiger partial charge in [-0.2, -0.15) is 0 Å². The SMILES string of the molecule is CC1=N[C@H](CO)[C@@H](c2ccc(CS(=O)[O-])cc2)O1. The van der Waals surface area contributed by atoms with E-state index in [1.54, 1.807) is 19.1 Å². The van der Waals surface area contributed by atoms with Crippen molar-refractivity contribution in [2.24, 2.45) is 4.99 Å². The molecule has 1 heterocycles. The maximum absolute atomic E-state index is 10.6. The molecule has 1 N–H and O–H groups in total. The van der Waals surface area contributed by atoms with E-state index in [0.29, 0.717) is 5.90 Å². The molecule has 0 aromatic heterocycles. The molecule has 18 heavy (non-hydrogen) atoms. The molecule has 0 saturated heterocycles. The Morgan fingerprint density at radius 2 is 2.11 bits per heavy atom. The van der Waals surface area contributed by atoms with Gasteiger partial charge in [0.25, 0.3) is 0 Å². The van der Waals surface area contributed by atoms with Crippen LogP contribution >= 0.6 is 0 Å². The summed E-state index contributed by atoms with van der Waals surface area (Å²) in [6, 6.07) is 6.82. The van der Waals surface area contributed by atoms with Crippen molar-refractivity contribution in [2.75, 3.05) is 6.61 Å². The molecule has 0 bridgehead atoms. The third-order valence-electron chi connectivity index (χ3n) is 2.77. The Labute approximate surface area is 108 Å². The minimum absolute atomic E-state index is 0.00472. The van der Waals surface area contributed by atoms with Crippen LogP contribution in [0.3, 0.4) is 0 Å². The second kappa shape index (κ2) is 5.60. The van der Waals surface area contributed by atoms with Crippen molar-refractivity contribution < 1.29 is 18.6 Å². The van der Waals surface area contributed by atoms with E-state index < -0.39 is 11.1 Å². The Kier molecular flexibility index (Phi) is 4.11. The van der Waals surface area contributed by atoms with Crippen molar-refractivity contribution in [3.63, 3.8) is 0 Å². The smallest absolute Gasteiger partial charge is 0.181 e. The van der Waals surface area contributed by atoms with E-state index in [0.717, 1.165) is 11.1 Å². The quantitative estimate of drug-likeness (QED) is 0.823. The minimum Gasteiger partial charge on any atom is -0.772 e. The van der Waals surface area contributed by atoms with Crippen LogP contribution in [0.2, 0.25) is 0 Å². The van der Waals surface area contributed by atoms with Crippen LogP contribution in [-0.2, 0) is 21.6 Å². The van der Waals surface area contributed by atoms with Crippen molar-refractivity contribution in [3.05, 3.63) is 35.4 Å². The normalized spacial score (nSPS) is 24.5. The molecular weight excluding hydrogens is 254 g/mol. The van der Waals surface area contributed by atoms with Crippen molar-refractivity contribution >= 4 is 17.0 Å². The molecule has 1 unspecified atom stereocenters. The Hall–Kier alpha value is -1.24. The van der Waals surface area contributed by atoms with Crippen LogP contribution in [0.15, 0.2) is 29.3 Å².